The van der Waals surface area contributed by atoms with E-state index in [1.165, 1.54) is 0 Å². The lowest BCUT2D eigenvalue weighted by atomic mass is 10.3. The minimum atomic E-state index is 0.518. The van der Waals surface area contributed by atoms with Gasteiger partial charge in [0.1, 0.15) is 0 Å². The number of hydrogen-bond donors (Lipinski definition) is 0. The fourth-order valence-corrected chi connectivity index (χ4v) is 1.72. The van der Waals surface area contributed by atoms with Crippen LogP contribution < -0.4 is 4.90 Å². The first-order chi connectivity index (χ1) is 7.29. The molecule has 6 heteroatoms. The molecule has 1 saturated heterocycles. The molecule has 1 fully saturated rings. The molecule has 1 aromatic heterocycles. The van der Waals surface area contributed by atoms with Crippen LogP contribution in [-0.4, -0.2) is 54.1 Å². The molecule has 0 bridgehead atoms. The van der Waals surface area contributed by atoms with Gasteiger partial charge in [0.05, 0.1) is 0 Å². The van der Waals surface area contributed by atoms with E-state index in [4.69, 9.17) is 16.1 Å². The molecule has 0 aromatic carbocycles. The summed E-state index contributed by atoms with van der Waals surface area (Å²) in [5.41, 5.74) is 0. The summed E-state index contributed by atoms with van der Waals surface area (Å²) < 4.78 is 5.08. The van der Waals surface area contributed by atoms with Crippen molar-refractivity contribution in [3.8, 4) is 0 Å². The molecule has 0 amide bonds. The molecule has 0 atom stereocenters. The third-order valence-electron chi connectivity index (χ3n) is 2.55. The highest BCUT2D eigenvalue weighted by molar-refractivity contribution is 6.17. The Hall–Kier alpha value is -0.810. The summed E-state index contributed by atoms with van der Waals surface area (Å²) in [6, 6.07) is 0. The summed E-state index contributed by atoms with van der Waals surface area (Å²) >= 11 is 5.60. The third-order valence-corrected chi connectivity index (χ3v) is 2.74. The van der Waals surface area contributed by atoms with Gasteiger partial charge in [0, 0.05) is 38.5 Å². The molecular formula is C9H15ClN4O. The van der Waals surface area contributed by atoms with Crippen molar-refractivity contribution in [2.45, 2.75) is 6.42 Å². The van der Waals surface area contributed by atoms with Gasteiger partial charge in [-0.25, -0.2) is 0 Å². The predicted molar refractivity (Wildman–Crippen MR) is 58.4 cm³/mol. The standard InChI is InChI=1S/C9H15ClN4O/c1-13-4-6-14(7-5-13)9-11-8(2-3-10)15-12-9/h2-7H2,1H3. The normalized spacial score (nSPS) is 18.4. The van der Waals surface area contributed by atoms with E-state index in [0.717, 1.165) is 26.2 Å². The minimum Gasteiger partial charge on any atom is -0.337 e. The molecule has 2 rings (SSSR count). The number of nitrogens with zero attached hydrogens (tertiary/aromatic N) is 4. The van der Waals surface area contributed by atoms with Gasteiger partial charge < -0.3 is 14.3 Å². The number of rotatable bonds is 3. The van der Waals surface area contributed by atoms with Crippen molar-refractivity contribution in [3.05, 3.63) is 5.89 Å². The molecule has 0 radical (unpaired) electrons. The van der Waals surface area contributed by atoms with Crippen LogP contribution in [0.15, 0.2) is 4.52 Å². The highest BCUT2D eigenvalue weighted by atomic mass is 35.5. The molecule has 0 spiro atoms. The van der Waals surface area contributed by atoms with Gasteiger partial charge in [-0.1, -0.05) is 0 Å². The average Bonchev–Trinajstić information content (AvgIpc) is 2.68. The Bertz CT molecular complexity index is 309. The molecule has 15 heavy (non-hydrogen) atoms. The van der Waals surface area contributed by atoms with Crippen molar-refractivity contribution < 1.29 is 4.52 Å². The van der Waals surface area contributed by atoms with Crippen LogP contribution in [0.4, 0.5) is 5.95 Å². The molecule has 1 aliphatic heterocycles. The largest absolute Gasteiger partial charge is 0.337 e. The van der Waals surface area contributed by atoms with E-state index in [-0.39, 0.29) is 0 Å². The Morgan fingerprint density at radius 3 is 2.73 bits per heavy atom. The highest BCUT2D eigenvalue weighted by Gasteiger charge is 2.18. The molecular weight excluding hydrogens is 216 g/mol. The first-order valence-electron chi connectivity index (χ1n) is 5.11. The number of likely N-dealkylation sites (N-methyl/N-ethyl adjacent to an activating group) is 1. The van der Waals surface area contributed by atoms with E-state index in [2.05, 4.69) is 27.0 Å². The Balaban J connectivity index is 1.96. The molecule has 0 saturated carbocycles. The van der Waals surface area contributed by atoms with Crippen LogP contribution in [-0.2, 0) is 6.42 Å². The SMILES string of the molecule is CN1CCN(c2noc(CCCl)n2)CC1. The lowest BCUT2D eigenvalue weighted by Crippen LogP contribution is -2.44. The Morgan fingerprint density at radius 2 is 2.07 bits per heavy atom. The van der Waals surface area contributed by atoms with Crippen LogP contribution in [0, 0.1) is 0 Å². The fourth-order valence-electron chi connectivity index (χ4n) is 1.56. The fraction of sp³-hybridized carbons (Fsp3) is 0.778. The molecule has 1 aliphatic rings. The number of piperazine rings is 1. The number of alkyl halides is 1. The summed E-state index contributed by atoms with van der Waals surface area (Å²) in [5, 5.41) is 3.95. The second-order valence-electron chi connectivity index (χ2n) is 3.72. The van der Waals surface area contributed by atoms with E-state index in [1.807, 2.05) is 0 Å². The maximum absolute atomic E-state index is 5.60. The Kier molecular flexibility index (Phi) is 3.43. The van der Waals surface area contributed by atoms with Crippen molar-refractivity contribution in [2.75, 3.05) is 44.0 Å². The van der Waals surface area contributed by atoms with E-state index in [1.54, 1.807) is 0 Å². The van der Waals surface area contributed by atoms with Crippen LogP contribution in [0.5, 0.6) is 0 Å². The number of anilines is 1. The number of aromatic nitrogens is 2. The molecule has 0 aliphatic carbocycles. The van der Waals surface area contributed by atoms with Gasteiger partial charge >= 0.3 is 0 Å². The second-order valence-corrected chi connectivity index (χ2v) is 4.10. The van der Waals surface area contributed by atoms with E-state index in [0.29, 0.717) is 24.1 Å². The topological polar surface area (TPSA) is 45.4 Å². The third kappa shape index (κ3) is 2.60. The van der Waals surface area contributed by atoms with Gasteiger partial charge in [0.15, 0.2) is 0 Å². The van der Waals surface area contributed by atoms with Crippen LogP contribution in [0.3, 0.4) is 0 Å². The van der Waals surface area contributed by atoms with Gasteiger partial charge in [0.2, 0.25) is 5.89 Å². The minimum absolute atomic E-state index is 0.518. The molecule has 2 heterocycles. The number of halogens is 1. The summed E-state index contributed by atoms with van der Waals surface area (Å²) in [7, 11) is 2.12. The maximum Gasteiger partial charge on any atom is 0.266 e. The van der Waals surface area contributed by atoms with Crippen LogP contribution >= 0.6 is 11.6 Å². The zero-order chi connectivity index (χ0) is 10.7. The summed E-state index contributed by atoms with van der Waals surface area (Å²) in [4.78, 5) is 8.72. The summed E-state index contributed by atoms with van der Waals surface area (Å²) in [6.45, 7) is 3.99. The first kappa shape index (κ1) is 10.7. The van der Waals surface area contributed by atoms with Gasteiger partial charge in [-0.2, -0.15) is 4.98 Å². The van der Waals surface area contributed by atoms with Gasteiger partial charge in [0.25, 0.3) is 5.95 Å². The van der Waals surface area contributed by atoms with Gasteiger partial charge in [-0.15, -0.1) is 11.6 Å². The van der Waals surface area contributed by atoms with Gasteiger partial charge in [-0.3, -0.25) is 0 Å². The van der Waals surface area contributed by atoms with E-state index < -0.39 is 0 Å². The number of hydrogen-bond acceptors (Lipinski definition) is 5. The monoisotopic (exact) mass is 230 g/mol. The summed E-state index contributed by atoms with van der Waals surface area (Å²) in [5.74, 6) is 1.84. The quantitative estimate of drug-likeness (QED) is 0.712. The van der Waals surface area contributed by atoms with Crippen LogP contribution in [0.2, 0.25) is 0 Å². The van der Waals surface area contributed by atoms with Crippen LogP contribution in [0.25, 0.3) is 0 Å². The van der Waals surface area contributed by atoms with E-state index >= 15 is 0 Å². The molecule has 5 nitrogen and oxygen atoms in total. The number of aryl methyl sites for hydroxylation is 1. The molecule has 1 aromatic rings. The first-order valence-corrected chi connectivity index (χ1v) is 5.65. The van der Waals surface area contributed by atoms with Crippen molar-refractivity contribution in [2.24, 2.45) is 0 Å². The Morgan fingerprint density at radius 1 is 1.33 bits per heavy atom. The lowest BCUT2D eigenvalue weighted by Gasteiger charge is -2.31. The zero-order valence-electron chi connectivity index (χ0n) is 8.82. The molecule has 0 unspecified atom stereocenters. The average molecular weight is 231 g/mol. The maximum atomic E-state index is 5.60. The van der Waals surface area contributed by atoms with Crippen LogP contribution in [0.1, 0.15) is 5.89 Å². The lowest BCUT2D eigenvalue weighted by molar-refractivity contribution is 0.308. The van der Waals surface area contributed by atoms with E-state index in [9.17, 15) is 0 Å². The molecule has 84 valence electrons. The Labute approximate surface area is 94.0 Å². The second kappa shape index (κ2) is 4.81. The highest BCUT2D eigenvalue weighted by Crippen LogP contribution is 2.12. The van der Waals surface area contributed by atoms with Crippen molar-refractivity contribution in [3.63, 3.8) is 0 Å². The summed E-state index contributed by atoms with van der Waals surface area (Å²) in [6.07, 6.45) is 0.641. The molecule has 0 N–H and O–H groups in total. The predicted octanol–water partition coefficient (Wildman–Crippen LogP) is 0.603. The van der Waals surface area contributed by atoms with Crippen molar-refractivity contribution in [1.29, 1.82) is 0 Å². The van der Waals surface area contributed by atoms with Gasteiger partial charge in [-0.05, 0) is 12.2 Å². The van der Waals surface area contributed by atoms with Crippen molar-refractivity contribution in [1.82, 2.24) is 15.0 Å². The smallest absolute Gasteiger partial charge is 0.266 e. The zero-order valence-corrected chi connectivity index (χ0v) is 9.57. The van der Waals surface area contributed by atoms with Crippen molar-refractivity contribution >= 4 is 17.5 Å².